The number of aromatic nitrogens is 4. The second-order valence-corrected chi connectivity index (χ2v) is 6.53. The van der Waals surface area contributed by atoms with Crippen molar-refractivity contribution in [3.8, 4) is 5.75 Å². The van der Waals surface area contributed by atoms with Crippen molar-refractivity contribution in [2.75, 3.05) is 7.11 Å². The summed E-state index contributed by atoms with van der Waals surface area (Å²) >= 11 is 1.37. The zero-order chi connectivity index (χ0) is 17.4. The number of aryl methyl sites for hydroxylation is 1. The van der Waals surface area contributed by atoms with Gasteiger partial charge in [-0.3, -0.25) is 0 Å². The van der Waals surface area contributed by atoms with Gasteiger partial charge in [-0.1, -0.05) is 30.0 Å². The second-order valence-electron chi connectivity index (χ2n) is 5.59. The first-order valence-electron chi connectivity index (χ1n) is 7.70. The Morgan fingerprint density at radius 2 is 2.00 bits per heavy atom. The minimum Gasteiger partial charge on any atom is -0.497 e. The molecule has 0 amide bonds. The van der Waals surface area contributed by atoms with Gasteiger partial charge in [0.2, 0.25) is 5.16 Å². The molecule has 2 aromatic carbocycles. The lowest BCUT2D eigenvalue weighted by molar-refractivity contribution is 0.415. The van der Waals surface area contributed by atoms with Crippen LogP contribution in [0.15, 0.2) is 47.6 Å². The molecule has 0 aliphatic carbocycles. The third-order valence-corrected chi connectivity index (χ3v) is 4.99. The molecule has 25 heavy (non-hydrogen) atoms. The zero-order valence-electron chi connectivity index (χ0n) is 13.7. The van der Waals surface area contributed by atoms with Crippen LogP contribution in [0.2, 0.25) is 0 Å². The van der Waals surface area contributed by atoms with Crippen LogP contribution in [-0.2, 0) is 12.8 Å². The van der Waals surface area contributed by atoms with Gasteiger partial charge in [0.15, 0.2) is 5.65 Å². The molecule has 5 nitrogen and oxygen atoms in total. The monoisotopic (exact) mass is 354 g/mol. The number of fused-ring (bicyclic) bond motifs is 3. The van der Waals surface area contributed by atoms with Gasteiger partial charge >= 0.3 is 0 Å². The molecule has 0 fully saturated rings. The van der Waals surface area contributed by atoms with Crippen LogP contribution < -0.4 is 4.74 Å². The summed E-state index contributed by atoms with van der Waals surface area (Å²) in [7, 11) is 3.57. The molecule has 126 valence electrons. The summed E-state index contributed by atoms with van der Waals surface area (Å²) in [5, 5.41) is 10.0. The molecular formula is C18H15FN4OS. The number of rotatable bonds is 4. The summed E-state index contributed by atoms with van der Waals surface area (Å²) in [6, 6.07) is 12.5. The third kappa shape index (κ3) is 2.80. The van der Waals surface area contributed by atoms with Crippen molar-refractivity contribution < 1.29 is 9.13 Å². The number of benzene rings is 2. The van der Waals surface area contributed by atoms with Crippen molar-refractivity contribution >= 4 is 33.8 Å². The molecule has 2 heterocycles. The quantitative estimate of drug-likeness (QED) is 0.519. The number of hydrogen-bond donors (Lipinski definition) is 0. The molecule has 0 saturated carbocycles. The van der Waals surface area contributed by atoms with E-state index in [2.05, 4.69) is 15.2 Å². The summed E-state index contributed by atoms with van der Waals surface area (Å²) in [5.74, 6) is 0.998. The van der Waals surface area contributed by atoms with Crippen LogP contribution in [0.1, 0.15) is 5.56 Å². The molecule has 7 heteroatoms. The van der Waals surface area contributed by atoms with Gasteiger partial charge in [0.05, 0.1) is 12.6 Å². The molecule has 0 N–H and O–H groups in total. The van der Waals surface area contributed by atoms with Gasteiger partial charge in [-0.25, -0.2) is 9.37 Å². The van der Waals surface area contributed by atoms with Crippen LogP contribution in [-0.4, -0.2) is 26.9 Å². The molecule has 0 atom stereocenters. The summed E-state index contributed by atoms with van der Waals surface area (Å²) < 4.78 is 21.0. The maximum absolute atomic E-state index is 13.7. The number of halogens is 1. The first-order valence-corrected chi connectivity index (χ1v) is 8.69. The van der Waals surface area contributed by atoms with Gasteiger partial charge in [-0.2, -0.15) is 0 Å². The Hall–Kier alpha value is -2.67. The van der Waals surface area contributed by atoms with E-state index >= 15 is 0 Å². The van der Waals surface area contributed by atoms with E-state index < -0.39 is 0 Å². The Balaban J connectivity index is 1.71. The van der Waals surface area contributed by atoms with Crippen LogP contribution in [0.3, 0.4) is 0 Å². The van der Waals surface area contributed by atoms with Crippen molar-refractivity contribution in [2.45, 2.75) is 10.9 Å². The first kappa shape index (κ1) is 15.8. The van der Waals surface area contributed by atoms with E-state index in [9.17, 15) is 4.39 Å². The summed E-state index contributed by atoms with van der Waals surface area (Å²) in [6.45, 7) is 0. The smallest absolute Gasteiger partial charge is 0.211 e. The average Bonchev–Trinajstić information content (AvgIpc) is 2.92. The number of methoxy groups -OCH3 is 1. The number of thioether (sulfide) groups is 1. The number of nitrogens with zero attached hydrogens (tertiary/aromatic N) is 4. The Labute approximate surface area is 147 Å². The average molecular weight is 354 g/mol. The molecule has 2 aromatic heterocycles. The lowest BCUT2D eigenvalue weighted by Gasteiger charge is -2.02. The molecule has 0 bridgehead atoms. The summed E-state index contributed by atoms with van der Waals surface area (Å²) in [6.07, 6.45) is 0. The number of ether oxygens (including phenoxy) is 1. The van der Waals surface area contributed by atoms with E-state index in [1.165, 1.54) is 17.8 Å². The molecule has 4 aromatic rings. The lowest BCUT2D eigenvalue weighted by atomic mass is 10.2. The van der Waals surface area contributed by atoms with E-state index in [-0.39, 0.29) is 5.82 Å². The molecule has 0 saturated heterocycles. The van der Waals surface area contributed by atoms with E-state index in [1.807, 2.05) is 35.9 Å². The summed E-state index contributed by atoms with van der Waals surface area (Å²) in [5.41, 5.74) is 3.10. The molecule has 0 unspecified atom stereocenters. The zero-order valence-corrected chi connectivity index (χ0v) is 14.5. The highest BCUT2D eigenvalue weighted by Gasteiger charge is 2.14. The topological polar surface area (TPSA) is 52.8 Å². The fourth-order valence-corrected chi connectivity index (χ4v) is 3.54. The van der Waals surface area contributed by atoms with Crippen molar-refractivity contribution in [3.63, 3.8) is 0 Å². The van der Waals surface area contributed by atoms with Gasteiger partial charge < -0.3 is 9.30 Å². The predicted molar refractivity (Wildman–Crippen MR) is 96.3 cm³/mol. The molecule has 0 aliphatic rings. The SMILES string of the molecule is COc1ccc2c(c1)c1nnc(SCc3ccccc3F)nc1n2C. The van der Waals surface area contributed by atoms with Crippen LogP contribution in [0.4, 0.5) is 4.39 Å². The van der Waals surface area contributed by atoms with Crippen molar-refractivity contribution in [2.24, 2.45) is 7.05 Å². The molecule has 0 spiro atoms. The Kier molecular flexibility index (Phi) is 4.01. The van der Waals surface area contributed by atoms with Crippen LogP contribution in [0.5, 0.6) is 5.75 Å². The fraction of sp³-hybridized carbons (Fsp3) is 0.167. The predicted octanol–water partition coefficient (Wildman–Crippen LogP) is 3.96. The summed E-state index contributed by atoms with van der Waals surface area (Å²) in [4.78, 5) is 4.60. The standard InChI is InChI=1S/C18H15FN4OS/c1-23-15-8-7-12(24-2)9-13(15)16-17(23)20-18(22-21-16)25-10-11-5-3-4-6-14(11)19/h3-9H,10H2,1-2H3. The normalized spacial score (nSPS) is 11.3. The van der Waals surface area contributed by atoms with Gasteiger partial charge in [0, 0.05) is 18.2 Å². The van der Waals surface area contributed by atoms with E-state index in [1.54, 1.807) is 19.2 Å². The number of hydrogen-bond acceptors (Lipinski definition) is 5. The van der Waals surface area contributed by atoms with Gasteiger partial charge in [0.1, 0.15) is 17.1 Å². The molecular weight excluding hydrogens is 339 g/mol. The lowest BCUT2D eigenvalue weighted by Crippen LogP contribution is -1.96. The molecule has 0 aliphatic heterocycles. The largest absolute Gasteiger partial charge is 0.497 e. The van der Waals surface area contributed by atoms with Crippen molar-refractivity contribution in [3.05, 3.63) is 53.8 Å². The van der Waals surface area contributed by atoms with Gasteiger partial charge in [0.25, 0.3) is 0 Å². The van der Waals surface area contributed by atoms with Crippen molar-refractivity contribution in [1.29, 1.82) is 0 Å². The first-order chi connectivity index (χ1) is 12.2. The maximum Gasteiger partial charge on any atom is 0.211 e. The third-order valence-electron chi connectivity index (χ3n) is 4.10. The van der Waals surface area contributed by atoms with E-state index in [0.29, 0.717) is 16.5 Å². The van der Waals surface area contributed by atoms with E-state index in [4.69, 9.17) is 4.74 Å². The van der Waals surface area contributed by atoms with Gasteiger partial charge in [-0.15, -0.1) is 10.2 Å². The highest BCUT2D eigenvalue weighted by molar-refractivity contribution is 7.98. The van der Waals surface area contributed by atoms with E-state index in [0.717, 1.165) is 27.8 Å². The van der Waals surface area contributed by atoms with Crippen LogP contribution in [0, 0.1) is 5.82 Å². The minimum absolute atomic E-state index is 0.222. The molecule has 4 rings (SSSR count). The van der Waals surface area contributed by atoms with Crippen LogP contribution in [0.25, 0.3) is 22.1 Å². The van der Waals surface area contributed by atoms with Crippen LogP contribution >= 0.6 is 11.8 Å². The Morgan fingerprint density at radius 1 is 1.16 bits per heavy atom. The van der Waals surface area contributed by atoms with Crippen molar-refractivity contribution in [1.82, 2.24) is 19.7 Å². The second kappa shape index (κ2) is 6.33. The Morgan fingerprint density at radius 3 is 2.80 bits per heavy atom. The fourth-order valence-electron chi connectivity index (χ4n) is 2.77. The highest BCUT2D eigenvalue weighted by Crippen LogP contribution is 2.30. The Bertz CT molecular complexity index is 1080. The maximum atomic E-state index is 13.7. The highest BCUT2D eigenvalue weighted by atomic mass is 32.2. The molecule has 0 radical (unpaired) electrons. The van der Waals surface area contributed by atoms with Gasteiger partial charge in [-0.05, 0) is 29.8 Å². The minimum atomic E-state index is -0.222.